The highest BCUT2D eigenvalue weighted by molar-refractivity contribution is 7.99. The second kappa shape index (κ2) is 5.24. The Hall–Kier alpha value is -0.500. The van der Waals surface area contributed by atoms with Gasteiger partial charge in [-0.2, -0.15) is 16.1 Å². The first-order valence-corrected chi connectivity index (χ1v) is 8.38. The fourth-order valence-electron chi connectivity index (χ4n) is 1.79. The molecule has 0 saturated carbocycles. The highest BCUT2D eigenvalue weighted by Gasteiger charge is 2.31. The molecular weight excluding hydrogens is 296 g/mol. The third kappa shape index (κ3) is 2.59. The minimum atomic E-state index is -3.59. The Morgan fingerprint density at radius 1 is 1.56 bits per heavy atom. The van der Waals surface area contributed by atoms with Crippen molar-refractivity contribution in [3.05, 3.63) is 27.6 Å². The molecule has 1 atom stereocenters. The molecule has 1 unspecified atom stereocenters. The molecule has 0 radical (unpaired) electrons. The van der Waals surface area contributed by atoms with E-state index in [9.17, 15) is 13.2 Å². The summed E-state index contributed by atoms with van der Waals surface area (Å²) >= 11 is 7.40. The number of halogens is 1. The normalized spacial score (nSPS) is 22.0. The first-order valence-electron chi connectivity index (χ1n) is 5.41. The molecule has 5 nitrogen and oxygen atoms in total. The molecule has 2 heterocycles. The van der Waals surface area contributed by atoms with Gasteiger partial charge in [0.25, 0.3) is 5.56 Å². The van der Waals surface area contributed by atoms with Gasteiger partial charge in [0.1, 0.15) is 5.02 Å². The summed E-state index contributed by atoms with van der Waals surface area (Å²) < 4.78 is 26.2. The molecule has 100 valence electrons. The van der Waals surface area contributed by atoms with Crippen molar-refractivity contribution in [2.75, 3.05) is 18.1 Å². The highest BCUT2D eigenvalue weighted by Crippen LogP contribution is 2.24. The molecule has 1 aromatic heterocycles. The molecule has 1 aliphatic rings. The van der Waals surface area contributed by atoms with Crippen LogP contribution in [0.4, 0.5) is 0 Å². The summed E-state index contributed by atoms with van der Waals surface area (Å²) in [5.74, 6) is 1.55. The van der Waals surface area contributed by atoms with Gasteiger partial charge in [-0.1, -0.05) is 11.6 Å². The van der Waals surface area contributed by atoms with Gasteiger partial charge in [0.2, 0.25) is 10.0 Å². The standard InChI is InChI=1S/C10H13ClN2O3S2/c1-7-6-17-3-2-13(7)18(15,16)8-4-9(11)10(14)12-5-8/h4-5,7H,2-3,6H2,1H3,(H,12,14). The number of nitrogens with zero attached hydrogens (tertiary/aromatic N) is 1. The smallest absolute Gasteiger partial charge is 0.266 e. The number of rotatable bonds is 2. The van der Waals surface area contributed by atoms with Crippen LogP contribution in [0.2, 0.25) is 5.02 Å². The number of nitrogens with one attached hydrogen (secondary N) is 1. The average molecular weight is 309 g/mol. The number of aromatic nitrogens is 1. The van der Waals surface area contributed by atoms with Crippen LogP contribution in [0.1, 0.15) is 6.92 Å². The summed E-state index contributed by atoms with van der Waals surface area (Å²) in [6.45, 7) is 2.35. The zero-order valence-corrected chi connectivity index (χ0v) is 12.1. The van der Waals surface area contributed by atoms with Gasteiger partial charge in [-0.3, -0.25) is 4.79 Å². The van der Waals surface area contributed by atoms with Gasteiger partial charge in [-0.05, 0) is 13.0 Å². The largest absolute Gasteiger partial charge is 0.326 e. The fourth-order valence-corrected chi connectivity index (χ4v) is 4.88. The van der Waals surface area contributed by atoms with Crippen LogP contribution in [0.3, 0.4) is 0 Å². The van der Waals surface area contributed by atoms with Gasteiger partial charge < -0.3 is 4.98 Å². The van der Waals surface area contributed by atoms with E-state index < -0.39 is 15.6 Å². The van der Waals surface area contributed by atoms with Crippen molar-refractivity contribution in [2.24, 2.45) is 0 Å². The quantitative estimate of drug-likeness (QED) is 0.890. The zero-order chi connectivity index (χ0) is 13.3. The van der Waals surface area contributed by atoms with Crippen molar-refractivity contribution in [3.63, 3.8) is 0 Å². The molecule has 0 aromatic carbocycles. The highest BCUT2D eigenvalue weighted by atomic mass is 35.5. The van der Waals surface area contributed by atoms with Crippen molar-refractivity contribution >= 4 is 33.4 Å². The molecule has 0 aliphatic carbocycles. The number of H-pyrrole nitrogens is 1. The van der Waals surface area contributed by atoms with Crippen LogP contribution in [0.25, 0.3) is 0 Å². The summed E-state index contributed by atoms with van der Waals surface area (Å²) in [6, 6.07) is 1.14. The number of hydrogen-bond donors (Lipinski definition) is 1. The second-order valence-corrected chi connectivity index (χ2v) is 7.50. The van der Waals surface area contributed by atoms with Crippen LogP contribution in [-0.4, -0.2) is 41.8 Å². The third-order valence-electron chi connectivity index (χ3n) is 2.74. The number of aromatic amines is 1. The lowest BCUT2D eigenvalue weighted by Gasteiger charge is -2.31. The predicted molar refractivity (Wildman–Crippen MR) is 72.8 cm³/mol. The van der Waals surface area contributed by atoms with Crippen LogP contribution in [0, 0.1) is 0 Å². The van der Waals surface area contributed by atoms with Crippen molar-refractivity contribution in [1.82, 2.24) is 9.29 Å². The van der Waals surface area contributed by atoms with Crippen LogP contribution < -0.4 is 5.56 Å². The maximum Gasteiger partial charge on any atom is 0.266 e. The lowest BCUT2D eigenvalue weighted by molar-refractivity contribution is 0.367. The van der Waals surface area contributed by atoms with E-state index in [1.807, 2.05) is 6.92 Å². The van der Waals surface area contributed by atoms with Gasteiger partial charge in [0, 0.05) is 30.3 Å². The zero-order valence-electron chi connectivity index (χ0n) is 9.72. The lowest BCUT2D eigenvalue weighted by Crippen LogP contribution is -2.44. The Balaban J connectivity index is 2.41. The number of sulfonamides is 1. The maximum absolute atomic E-state index is 12.4. The molecular formula is C10H13ClN2O3S2. The third-order valence-corrected chi connectivity index (χ3v) is 6.21. The van der Waals surface area contributed by atoms with E-state index in [4.69, 9.17) is 11.6 Å². The van der Waals surface area contributed by atoms with Gasteiger partial charge in [0.05, 0.1) is 4.90 Å². The first-order chi connectivity index (χ1) is 8.43. The Kier molecular flexibility index (Phi) is 4.05. The van der Waals surface area contributed by atoms with Crippen LogP contribution >= 0.6 is 23.4 Å². The van der Waals surface area contributed by atoms with Gasteiger partial charge in [-0.25, -0.2) is 8.42 Å². The molecule has 0 amide bonds. The molecule has 1 saturated heterocycles. The van der Waals surface area contributed by atoms with Gasteiger partial charge >= 0.3 is 0 Å². The average Bonchev–Trinajstić information content (AvgIpc) is 2.33. The number of hydrogen-bond acceptors (Lipinski definition) is 4. The van der Waals surface area contributed by atoms with E-state index in [0.717, 1.165) is 11.5 Å². The molecule has 0 spiro atoms. The molecule has 8 heteroatoms. The van der Waals surface area contributed by atoms with Gasteiger partial charge in [0.15, 0.2) is 0 Å². The van der Waals surface area contributed by atoms with E-state index in [1.165, 1.54) is 16.6 Å². The summed E-state index contributed by atoms with van der Waals surface area (Å²) in [5, 5.41) is -0.116. The van der Waals surface area contributed by atoms with Crippen molar-refractivity contribution in [1.29, 1.82) is 0 Å². The Bertz CT molecular complexity index is 599. The van der Waals surface area contributed by atoms with Crippen LogP contribution in [-0.2, 0) is 10.0 Å². The molecule has 2 rings (SSSR count). The monoisotopic (exact) mass is 308 g/mol. The number of pyridine rings is 1. The minimum absolute atomic E-state index is 0.0332. The fraction of sp³-hybridized carbons (Fsp3) is 0.500. The topological polar surface area (TPSA) is 70.2 Å². The van der Waals surface area contributed by atoms with E-state index in [2.05, 4.69) is 4.98 Å². The molecule has 1 aliphatic heterocycles. The molecule has 18 heavy (non-hydrogen) atoms. The lowest BCUT2D eigenvalue weighted by atomic mass is 10.4. The molecule has 1 fully saturated rings. The maximum atomic E-state index is 12.4. The first kappa shape index (κ1) is 13.9. The van der Waals surface area contributed by atoms with E-state index in [0.29, 0.717) is 6.54 Å². The second-order valence-electron chi connectivity index (χ2n) is 4.05. The summed E-state index contributed by atoms with van der Waals surface area (Å²) in [7, 11) is -3.59. The minimum Gasteiger partial charge on any atom is -0.326 e. The van der Waals surface area contributed by atoms with Crippen molar-refractivity contribution < 1.29 is 8.42 Å². The van der Waals surface area contributed by atoms with Crippen LogP contribution in [0.15, 0.2) is 22.0 Å². The van der Waals surface area contributed by atoms with E-state index in [-0.39, 0.29) is 16.0 Å². The van der Waals surface area contributed by atoms with E-state index >= 15 is 0 Å². The number of thioether (sulfide) groups is 1. The Morgan fingerprint density at radius 3 is 2.89 bits per heavy atom. The predicted octanol–water partition coefficient (Wildman–Crippen LogP) is 1.15. The Labute approximate surface area is 115 Å². The summed E-state index contributed by atoms with van der Waals surface area (Å²) in [5.41, 5.74) is -0.488. The van der Waals surface area contributed by atoms with Crippen molar-refractivity contribution in [3.8, 4) is 0 Å². The van der Waals surface area contributed by atoms with E-state index in [1.54, 1.807) is 11.8 Å². The van der Waals surface area contributed by atoms with Gasteiger partial charge in [-0.15, -0.1) is 0 Å². The van der Waals surface area contributed by atoms with Crippen molar-refractivity contribution in [2.45, 2.75) is 17.9 Å². The Morgan fingerprint density at radius 2 is 2.28 bits per heavy atom. The molecule has 1 N–H and O–H groups in total. The summed E-state index contributed by atoms with van der Waals surface area (Å²) in [4.78, 5) is 13.5. The van der Waals surface area contributed by atoms with Crippen LogP contribution in [0.5, 0.6) is 0 Å². The molecule has 0 bridgehead atoms. The molecule has 1 aromatic rings. The SMILES string of the molecule is CC1CSCCN1S(=O)(=O)c1c[nH]c(=O)c(Cl)c1. The summed E-state index contributed by atoms with van der Waals surface area (Å²) in [6.07, 6.45) is 1.19.